The highest BCUT2D eigenvalue weighted by atomic mass is 35.5. The lowest BCUT2D eigenvalue weighted by molar-refractivity contribution is 0.231. The van der Waals surface area contributed by atoms with Crippen LogP contribution in [0.3, 0.4) is 0 Å². The smallest absolute Gasteiger partial charge is 0.315 e. The standard InChI is InChI=1S/C23H27ClN4O2/c24-17-10-12-19(13-11-17)30-15-14-28-21-9-5-4-8-20(21)27-22(28)16-25-23(29)26-18-6-2-1-3-7-18/h4-5,8-13,18H,1-3,6-7,14-16H2,(H2,25,26,29). The van der Waals surface area contributed by atoms with Gasteiger partial charge in [-0.15, -0.1) is 0 Å². The van der Waals surface area contributed by atoms with Crippen LogP contribution in [0.4, 0.5) is 4.79 Å². The minimum absolute atomic E-state index is 0.127. The molecule has 6 nitrogen and oxygen atoms in total. The molecule has 0 unspecified atom stereocenters. The molecule has 0 radical (unpaired) electrons. The summed E-state index contributed by atoms with van der Waals surface area (Å²) in [6.07, 6.45) is 5.77. The topological polar surface area (TPSA) is 68.2 Å². The molecule has 0 spiro atoms. The van der Waals surface area contributed by atoms with Crippen molar-refractivity contribution in [2.45, 2.75) is 51.2 Å². The van der Waals surface area contributed by atoms with Crippen molar-refractivity contribution in [1.82, 2.24) is 20.2 Å². The summed E-state index contributed by atoms with van der Waals surface area (Å²) in [5.74, 6) is 1.59. The van der Waals surface area contributed by atoms with Gasteiger partial charge < -0.3 is 19.9 Å². The molecule has 0 aliphatic heterocycles. The number of carbonyl (C=O) groups excluding carboxylic acids is 1. The number of carbonyl (C=O) groups is 1. The van der Waals surface area contributed by atoms with Crippen molar-refractivity contribution in [3.63, 3.8) is 0 Å². The van der Waals surface area contributed by atoms with Gasteiger partial charge in [-0.05, 0) is 49.2 Å². The van der Waals surface area contributed by atoms with E-state index >= 15 is 0 Å². The lowest BCUT2D eigenvalue weighted by atomic mass is 9.96. The van der Waals surface area contributed by atoms with Crippen LogP contribution in [-0.2, 0) is 13.1 Å². The Morgan fingerprint density at radius 2 is 1.87 bits per heavy atom. The molecular weight excluding hydrogens is 400 g/mol. The number of nitrogens with zero attached hydrogens (tertiary/aromatic N) is 2. The molecule has 30 heavy (non-hydrogen) atoms. The molecule has 1 saturated carbocycles. The second-order valence-corrected chi connectivity index (χ2v) is 8.07. The molecular formula is C23H27ClN4O2. The monoisotopic (exact) mass is 426 g/mol. The van der Waals surface area contributed by atoms with E-state index in [1.165, 1.54) is 19.3 Å². The van der Waals surface area contributed by atoms with E-state index in [1.807, 2.05) is 48.5 Å². The SMILES string of the molecule is O=C(NCc1nc2ccccc2n1CCOc1ccc(Cl)cc1)NC1CCCCC1. The molecule has 0 saturated heterocycles. The normalized spacial score (nSPS) is 14.6. The quantitative estimate of drug-likeness (QED) is 0.564. The molecule has 1 aliphatic carbocycles. The third-order valence-corrected chi connectivity index (χ3v) is 5.73. The third kappa shape index (κ3) is 5.25. The molecule has 1 aliphatic rings. The maximum atomic E-state index is 12.3. The van der Waals surface area contributed by atoms with Crippen LogP contribution in [-0.4, -0.2) is 28.2 Å². The number of halogens is 1. The first kappa shape index (κ1) is 20.5. The molecule has 158 valence electrons. The molecule has 2 N–H and O–H groups in total. The molecule has 2 amide bonds. The van der Waals surface area contributed by atoms with Crippen LogP contribution in [0.5, 0.6) is 5.75 Å². The number of amides is 2. The van der Waals surface area contributed by atoms with E-state index < -0.39 is 0 Å². The Bertz CT molecular complexity index is 981. The molecule has 4 rings (SSSR count). The summed E-state index contributed by atoms with van der Waals surface area (Å²) in [7, 11) is 0. The predicted octanol–water partition coefficient (Wildman–Crippen LogP) is 4.90. The number of fused-ring (bicyclic) bond motifs is 1. The number of rotatable bonds is 7. The number of nitrogens with one attached hydrogen (secondary N) is 2. The van der Waals surface area contributed by atoms with Crippen molar-refractivity contribution >= 4 is 28.7 Å². The maximum absolute atomic E-state index is 12.3. The number of ether oxygens (including phenoxy) is 1. The van der Waals surface area contributed by atoms with Gasteiger partial charge in [-0.25, -0.2) is 9.78 Å². The second-order valence-electron chi connectivity index (χ2n) is 7.63. The minimum Gasteiger partial charge on any atom is -0.492 e. The van der Waals surface area contributed by atoms with Gasteiger partial charge >= 0.3 is 6.03 Å². The highest BCUT2D eigenvalue weighted by Gasteiger charge is 2.16. The highest BCUT2D eigenvalue weighted by Crippen LogP contribution is 2.19. The first-order chi connectivity index (χ1) is 14.7. The van der Waals surface area contributed by atoms with Crippen molar-refractivity contribution in [3.05, 3.63) is 59.4 Å². The third-order valence-electron chi connectivity index (χ3n) is 5.48. The van der Waals surface area contributed by atoms with Crippen molar-refractivity contribution in [1.29, 1.82) is 0 Å². The van der Waals surface area contributed by atoms with E-state index in [1.54, 1.807) is 0 Å². The van der Waals surface area contributed by atoms with Crippen LogP contribution in [0.2, 0.25) is 5.02 Å². The molecule has 7 heteroatoms. The molecule has 0 atom stereocenters. The molecule has 1 heterocycles. The van der Waals surface area contributed by atoms with Gasteiger partial charge in [-0.3, -0.25) is 0 Å². The Morgan fingerprint density at radius 1 is 1.10 bits per heavy atom. The number of aromatic nitrogens is 2. The summed E-state index contributed by atoms with van der Waals surface area (Å²) < 4.78 is 7.96. The average molecular weight is 427 g/mol. The summed E-state index contributed by atoms with van der Waals surface area (Å²) in [6.45, 7) is 1.49. The van der Waals surface area contributed by atoms with Crippen LogP contribution in [0.25, 0.3) is 11.0 Å². The minimum atomic E-state index is -0.127. The Hall–Kier alpha value is -2.73. The average Bonchev–Trinajstić information content (AvgIpc) is 3.12. The Labute approximate surface area is 181 Å². The van der Waals surface area contributed by atoms with E-state index in [0.717, 1.165) is 35.4 Å². The van der Waals surface area contributed by atoms with Gasteiger partial charge in [0.05, 0.1) is 24.1 Å². The van der Waals surface area contributed by atoms with Gasteiger partial charge in [0.1, 0.15) is 18.2 Å². The Morgan fingerprint density at radius 3 is 2.67 bits per heavy atom. The van der Waals surface area contributed by atoms with Gasteiger partial charge in [0.25, 0.3) is 0 Å². The van der Waals surface area contributed by atoms with Crippen molar-refractivity contribution in [3.8, 4) is 5.75 Å². The van der Waals surface area contributed by atoms with E-state index in [0.29, 0.717) is 24.7 Å². The number of hydrogen-bond acceptors (Lipinski definition) is 3. The summed E-state index contributed by atoms with van der Waals surface area (Å²) in [5, 5.41) is 6.75. The number of imidazole rings is 1. The fourth-order valence-electron chi connectivity index (χ4n) is 3.94. The van der Waals surface area contributed by atoms with E-state index in [2.05, 4.69) is 15.2 Å². The highest BCUT2D eigenvalue weighted by molar-refractivity contribution is 6.30. The molecule has 2 aromatic carbocycles. The lowest BCUT2D eigenvalue weighted by Gasteiger charge is -2.22. The van der Waals surface area contributed by atoms with Crippen molar-refractivity contribution in [2.75, 3.05) is 6.61 Å². The number of para-hydroxylation sites is 2. The van der Waals surface area contributed by atoms with Crippen LogP contribution < -0.4 is 15.4 Å². The van der Waals surface area contributed by atoms with Crippen molar-refractivity contribution < 1.29 is 9.53 Å². The van der Waals surface area contributed by atoms with E-state index in [9.17, 15) is 4.79 Å². The lowest BCUT2D eigenvalue weighted by Crippen LogP contribution is -2.42. The van der Waals surface area contributed by atoms with Gasteiger partial charge in [-0.2, -0.15) is 0 Å². The predicted molar refractivity (Wildman–Crippen MR) is 119 cm³/mol. The van der Waals surface area contributed by atoms with Gasteiger partial charge in [0, 0.05) is 11.1 Å². The Balaban J connectivity index is 1.39. The van der Waals surface area contributed by atoms with Gasteiger partial charge in [0.15, 0.2) is 0 Å². The number of benzene rings is 2. The molecule has 1 fully saturated rings. The van der Waals surface area contributed by atoms with Crippen LogP contribution >= 0.6 is 11.6 Å². The number of hydrogen-bond donors (Lipinski definition) is 2. The second kappa shape index (κ2) is 9.85. The molecule has 3 aromatic rings. The van der Waals surface area contributed by atoms with Crippen LogP contribution in [0.1, 0.15) is 37.9 Å². The van der Waals surface area contributed by atoms with Gasteiger partial charge in [-0.1, -0.05) is 43.0 Å². The summed E-state index contributed by atoms with van der Waals surface area (Å²) in [6, 6.07) is 15.5. The molecule has 0 bridgehead atoms. The van der Waals surface area contributed by atoms with E-state index in [-0.39, 0.29) is 12.1 Å². The zero-order chi connectivity index (χ0) is 20.8. The zero-order valence-corrected chi connectivity index (χ0v) is 17.7. The zero-order valence-electron chi connectivity index (χ0n) is 16.9. The summed E-state index contributed by atoms with van der Waals surface area (Å²) >= 11 is 5.93. The Kier molecular flexibility index (Phi) is 6.74. The fraction of sp³-hybridized carbons (Fsp3) is 0.391. The van der Waals surface area contributed by atoms with Crippen LogP contribution in [0.15, 0.2) is 48.5 Å². The van der Waals surface area contributed by atoms with Crippen molar-refractivity contribution in [2.24, 2.45) is 0 Å². The maximum Gasteiger partial charge on any atom is 0.315 e. The summed E-state index contributed by atoms with van der Waals surface area (Å²) in [5.41, 5.74) is 1.94. The first-order valence-corrected chi connectivity index (χ1v) is 10.9. The number of urea groups is 1. The van der Waals surface area contributed by atoms with Gasteiger partial charge in [0.2, 0.25) is 0 Å². The first-order valence-electron chi connectivity index (χ1n) is 10.6. The fourth-order valence-corrected chi connectivity index (χ4v) is 4.06. The van der Waals surface area contributed by atoms with Crippen LogP contribution in [0, 0.1) is 0 Å². The largest absolute Gasteiger partial charge is 0.492 e. The summed E-state index contributed by atoms with van der Waals surface area (Å²) in [4.78, 5) is 17.1. The van der Waals surface area contributed by atoms with E-state index in [4.69, 9.17) is 21.3 Å². The molecule has 1 aromatic heterocycles.